The molecule has 0 spiro atoms. The molecule has 4 aromatic rings. The van der Waals surface area contributed by atoms with Gasteiger partial charge in [-0.05, 0) is 74.2 Å². The summed E-state index contributed by atoms with van der Waals surface area (Å²) in [5.41, 5.74) is 2.58. The number of fused-ring (bicyclic) bond motifs is 1. The molecule has 39 heavy (non-hydrogen) atoms. The Bertz CT molecular complexity index is 1490. The molecular weight excluding hydrogens is 541 g/mol. The molecule has 2 aromatic heterocycles. The predicted octanol–water partition coefficient (Wildman–Crippen LogP) is 6.34. The van der Waals surface area contributed by atoms with Gasteiger partial charge in [0.2, 0.25) is 0 Å². The number of hydrogen-bond donors (Lipinski definition) is 1. The third-order valence-corrected chi connectivity index (χ3v) is 8.85. The molecule has 0 aliphatic carbocycles. The summed E-state index contributed by atoms with van der Waals surface area (Å²) < 4.78 is 27.8. The molecule has 6 rings (SSSR count). The van der Waals surface area contributed by atoms with Gasteiger partial charge in [0.1, 0.15) is 33.7 Å². The van der Waals surface area contributed by atoms with Crippen LogP contribution in [-0.4, -0.2) is 51.3 Å². The number of nitrogens with zero attached hydrogens (tertiary/aromatic N) is 3. The zero-order valence-electron chi connectivity index (χ0n) is 21.3. The number of piperidine rings is 1. The van der Waals surface area contributed by atoms with Crippen LogP contribution in [0.3, 0.4) is 0 Å². The maximum absolute atomic E-state index is 14.1. The van der Waals surface area contributed by atoms with Crippen molar-refractivity contribution in [3.8, 4) is 5.75 Å². The molecule has 204 valence electrons. The second kappa shape index (κ2) is 11.3. The van der Waals surface area contributed by atoms with E-state index in [9.17, 15) is 14.3 Å². The van der Waals surface area contributed by atoms with Gasteiger partial charge >= 0.3 is 5.97 Å². The highest BCUT2D eigenvalue weighted by Crippen LogP contribution is 2.33. The van der Waals surface area contributed by atoms with Gasteiger partial charge in [0.05, 0.1) is 24.7 Å². The number of imidazole rings is 1. The number of rotatable bonds is 9. The maximum Gasteiger partial charge on any atom is 0.346 e. The minimum Gasteiger partial charge on any atom is -0.489 e. The van der Waals surface area contributed by atoms with Gasteiger partial charge in [-0.2, -0.15) is 0 Å². The molecule has 10 heteroatoms. The second-order valence-electron chi connectivity index (χ2n) is 10.2. The van der Waals surface area contributed by atoms with Crippen molar-refractivity contribution in [2.24, 2.45) is 0 Å². The topological polar surface area (TPSA) is 76.8 Å². The molecule has 2 aromatic carbocycles. The number of ether oxygens (including phenoxy) is 2. The summed E-state index contributed by atoms with van der Waals surface area (Å²) in [6.07, 6.45) is 3.20. The molecule has 7 nitrogen and oxygen atoms in total. The van der Waals surface area contributed by atoms with Crippen molar-refractivity contribution in [2.45, 2.75) is 51.0 Å². The molecule has 2 aliphatic rings. The predicted molar refractivity (Wildman–Crippen MR) is 148 cm³/mol. The van der Waals surface area contributed by atoms with E-state index < -0.39 is 5.97 Å². The number of aromatic carboxylic acids is 1. The summed E-state index contributed by atoms with van der Waals surface area (Å²) in [5, 5.41) is 9.78. The van der Waals surface area contributed by atoms with Crippen LogP contribution in [0.25, 0.3) is 10.3 Å². The Hall–Kier alpha value is -2.98. The van der Waals surface area contributed by atoms with E-state index in [-0.39, 0.29) is 18.5 Å². The van der Waals surface area contributed by atoms with E-state index in [0.717, 1.165) is 67.4 Å². The van der Waals surface area contributed by atoms with Crippen molar-refractivity contribution < 1.29 is 23.8 Å². The van der Waals surface area contributed by atoms with Crippen LogP contribution in [0.1, 0.15) is 51.8 Å². The van der Waals surface area contributed by atoms with Crippen molar-refractivity contribution >= 4 is 39.3 Å². The highest BCUT2D eigenvalue weighted by Gasteiger charge is 2.26. The number of thiophene rings is 1. The Morgan fingerprint density at radius 1 is 1.18 bits per heavy atom. The molecule has 2 fully saturated rings. The second-order valence-corrected chi connectivity index (χ2v) is 11.6. The lowest BCUT2D eigenvalue weighted by molar-refractivity contribution is -0.0592. The summed E-state index contributed by atoms with van der Waals surface area (Å²) in [6.45, 7) is 4.22. The maximum atomic E-state index is 14.1. The monoisotopic (exact) mass is 569 g/mol. The fourth-order valence-electron chi connectivity index (χ4n) is 5.31. The van der Waals surface area contributed by atoms with E-state index >= 15 is 0 Å². The van der Waals surface area contributed by atoms with Crippen molar-refractivity contribution in [1.29, 1.82) is 0 Å². The van der Waals surface area contributed by atoms with Gasteiger partial charge in [0.15, 0.2) is 0 Å². The zero-order chi connectivity index (χ0) is 26.9. The number of carboxylic acids is 1. The third-order valence-electron chi connectivity index (χ3n) is 7.61. The van der Waals surface area contributed by atoms with Crippen LogP contribution in [0.4, 0.5) is 4.39 Å². The molecular formula is C29H29ClFN3O4S. The highest BCUT2D eigenvalue weighted by atomic mass is 35.5. The van der Waals surface area contributed by atoms with E-state index in [0.29, 0.717) is 27.9 Å². The SMILES string of the molecule is O=C(O)c1cc2c(nc(CN3CCC(c4cccc(OCc5ccc(Cl)cc5F)c4)CC3)n2C[C@@H]2CCO2)s1. The minimum atomic E-state index is -0.917. The molecule has 2 saturated heterocycles. The summed E-state index contributed by atoms with van der Waals surface area (Å²) >= 11 is 7.08. The Morgan fingerprint density at radius 2 is 2.00 bits per heavy atom. The van der Waals surface area contributed by atoms with Crippen LogP contribution >= 0.6 is 22.9 Å². The van der Waals surface area contributed by atoms with E-state index in [1.165, 1.54) is 23.0 Å². The standard InChI is InChI=1S/C29H29ClFN3O4S/c30-21-5-4-20(24(31)13-21)17-38-22-3-1-2-19(12-22)18-6-9-33(10-7-18)16-27-32-28-25(14-26(39-28)29(35)36)34(27)15-23-8-11-37-23/h1-5,12-14,18,23H,6-11,15-17H2,(H,35,36)/t23-/m0/s1. The first-order chi connectivity index (χ1) is 18.9. The van der Waals surface area contributed by atoms with Crippen LogP contribution in [0.2, 0.25) is 5.02 Å². The number of halogens is 2. The van der Waals surface area contributed by atoms with Crippen LogP contribution < -0.4 is 4.74 Å². The van der Waals surface area contributed by atoms with Gasteiger partial charge in [-0.15, -0.1) is 11.3 Å². The molecule has 1 atom stereocenters. The Labute approximate surface area is 234 Å². The quantitative estimate of drug-likeness (QED) is 0.254. The Morgan fingerprint density at radius 3 is 2.72 bits per heavy atom. The van der Waals surface area contributed by atoms with Gasteiger partial charge < -0.3 is 19.1 Å². The lowest BCUT2D eigenvalue weighted by Gasteiger charge is -2.33. The summed E-state index contributed by atoms with van der Waals surface area (Å²) in [7, 11) is 0. The average Bonchev–Trinajstić information content (AvgIpc) is 3.45. The van der Waals surface area contributed by atoms with Crippen LogP contribution in [0.5, 0.6) is 5.75 Å². The first-order valence-electron chi connectivity index (χ1n) is 13.2. The van der Waals surface area contributed by atoms with E-state index in [1.807, 2.05) is 12.1 Å². The summed E-state index contributed by atoms with van der Waals surface area (Å²) in [6, 6.07) is 14.4. The van der Waals surface area contributed by atoms with Gasteiger partial charge in [-0.25, -0.2) is 14.2 Å². The average molecular weight is 570 g/mol. The fourth-order valence-corrected chi connectivity index (χ4v) is 6.36. The zero-order valence-corrected chi connectivity index (χ0v) is 22.9. The molecule has 0 radical (unpaired) electrons. The molecule has 4 heterocycles. The van der Waals surface area contributed by atoms with Crippen LogP contribution in [0.15, 0.2) is 48.5 Å². The number of benzene rings is 2. The lowest BCUT2D eigenvalue weighted by atomic mass is 9.89. The third kappa shape index (κ3) is 5.82. The molecule has 0 amide bonds. The summed E-state index contributed by atoms with van der Waals surface area (Å²) in [5.74, 6) is 0.827. The number of likely N-dealkylation sites (tertiary alicyclic amines) is 1. The first-order valence-corrected chi connectivity index (χ1v) is 14.4. The lowest BCUT2D eigenvalue weighted by Crippen LogP contribution is -2.35. The smallest absolute Gasteiger partial charge is 0.346 e. The fraction of sp³-hybridized carbons (Fsp3) is 0.379. The van der Waals surface area contributed by atoms with Crippen LogP contribution in [-0.2, 0) is 24.4 Å². The molecule has 1 N–H and O–H groups in total. The Balaban J connectivity index is 1.09. The molecule has 0 saturated carbocycles. The number of carboxylic acid groups (broad SMARTS) is 1. The number of hydrogen-bond acceptors (Lipinski definition) is 6. The van der Waals surface area contributed by atoms with Crippen molar-refractivity contribution in [2.75, 3.05) is 19.7 Å². The number of aromatic nitrogens is 2. The van der Waals surface area contributed by atoms with Gasteiger partial charge in [0, 0.05) is 17.2 Å². The number of carbonyl (C=O) groups is 1. The van der Waals surface area contributed by atoms with Gasteiger partial charge in [-0.3, -0.25) is 4.90 Å². The minimum absolute atomic E-state index is 0.148. The Kier molecular flexibility index (Phi) is 7.57. The molecule has 0 bridgehead atoms. The van der Waals surface area contributed by atoms with Gasteiger partial charge in [0.25, 0.3) is 0 Å². The summed E-state index contributed by atoms with van der Waals surface area (Å²) in [4.78, 5) is 19.8. The highest BCUT2D eigenvalue weighted by molar-refractivity contribution is 7.20. The van der Waals surface area contributed by atoms with E-state index in [1.54, 1.807) is 18.2 Å². The van der Waals surface area contributed by atoms with Crippen molar-refractivity contribution in [3.05, 3.63) is 81.2 Å². The van der Waals surface area contributed by atoms with Crippen molar-refractivity contribution in [3.63, 3.8) is 0 Å². The normalized spacial score (nSPS) is 18.4. The molecule has 2 aliphatic heterocycles. The van der Waals surface area contributed by atoms with Crippen molar-refractivity contribution in [1.82, 2.24) is 14.5 Å². The van der Waals surface area contributed by atoms with E-state index in [4.69, 9.17) is 26.1 Å². The molecule has 0 unspecified atom stereocenters. The van der Waals surface area contributed by atoms with Crippen LogP contribution in [0, 0.1) is 5.82 Å². The van der Waals surface area contributed by atoms with E-state index in [2.05, 4.69) is 21.6 Å². The van der Waals surface area contributed by atoms with Gasteiger partial charge in [-0.1, -0.05) is 29.8 Å². The first kappa shape index (κ1) is 26.3. The largest absolute Gasteiger partial charge is 0.489 e.